The summed E-state index contributed by atoms with van der Waals surface area (Å²) in [5, 5.41) is 3.00. The lowest BCUT2D eigenvalue weighted by molar-refractivity contribution is -0.142. The first-order valence-corrected chi connectivity index (χ1v) is 7.01. The third-order valence-electron chi connectivity index (χ3n) is 3.94. The van der Waals surface area contributed by atoms with Gasteiger partial charge in [0.05, 0.1) is 7.11 Å². The molecule has 22 heavy (non-hydrogen) atoms. The summed E-state index contributed by atoms with van der Waals surface area (Å²) in [4.78, 5) is 25.3. The smallest absolute Gasteiger partial charge is 0.410 e. The number of hydrogen-bond acceptors (Lipinski definition) is 5. The Balaban J connectivity index is 0.00000176. The molecule has 1 fully saturated rings. The monoisotopic (exact) mass is 326 g/mol. The average molecular weight is 327 g/mol. The molecule has 1 N–H and O–H groups in total. The van der Waals surface area contributed by atoms with Gasteiger partial charge in [0.25, 0.3) is 0 Å². The Morgan fingerprint density at radius 3 is 2.45 bits per heavy atom. The van der Waals surface area contributed by atoms with Gasteiger partial charge in [-0.2, -0.15) is 0 Å². The van der Waals surface area contributed by atoms with Crippen LogP contribution < -0.4 is 5.32 Å². The minimum absolute atomic E-state index is 0. The van der Waals surface area contributed by atoms with Gasteiger partial charge < -0.3 is 14.8 Å². The van der Waals surface area contributed by atoms with Gasteiger partial charge in [0, 0.05) is 26.1 Å². The third-order valence-corrected chi connectivity index (χ3v) is 3.94. The van der Waals surface area contributed by atoms with E-state index in [-0.39, 0.29) is 36.6 Å². The van der Waals surface area contributed by atoms with Gasteiger partial charge in [-0.3, -0.25) is 9.69 Å². The van der Waals surface area contributed by atoms with Crippen LogP contribution >= 0.6 is 12.4 Å². The van der Waals surface area contributed by atoms with Crippen LogP contribution in [0.25, 0.3) is 0 Å². The number of carbonyl (C=O) groups is 2. The van der Waals surface area contributed by atoms with Crippen LogP contribution in [0.15, 0.2) is 24.3 Å². The van der Waals surface area contributed by atoms with Gasteiger partial charge in [-0.25, -0.2) is 4.79 Å². The molecule has 7 heteroatoms. The molecule has 1 aromatic carbocycles. The van der Waals surface area contributed by atoms with Crippen molar-refractivity contribution in [2.45, 2.75) is 31.7 Å². The maximum Gasteiger partial charge on any atom is 0.410 e. The summed E-state index contributed by atoms with van der Waals surface area (Å²) in [6, 6.07) is 7.59. The van der Waals surface area contributed by atoms with Crippen LogP contribution in [0.3, 0.4) is 0 Å². The molecule has 0 radical (unpaired) electrons. The van der Waals surface area contributed by atoms with Crippen LogP contribution in [0.4, 0.5) is 4.79 Å². The number of esters is 1. The van der Waals surface area contributed by atoms with Gasteiger partial charge in [0.15, 0.2) is 0 Å². The molecule has 0 bridgehead atoms. The van der Waals surface area contributed by atoms with Gasteiger partial charge in [-0.1, -0.05) is 24.3 Å². The lowest BCUT2D eigenvalue weighted by Crippen LogP contribution is -2.31. The Hall–Kier alpha value is -1.79. The van der Waals surface area contributed by atoms with E-state index >= 15 is 0 Å². The van der Waals surface area contributed by atoms with Gasteiger partial charge in [-0.05, 0) is 11.1 Å². The molecule has 2 atom stereocenters. The van der Waals surface area contributed by atoms with Crippen LogP contribution in [0.2, 0.25) is 0 Å². The Bertz CT molecular complexity index is 541. The largest absolute Gasteiger partial charge is 0.468 e. The predicted molar refractivity (Wildman–Crippen MR) is 81.6 cm³/mol. The summed E-state index contributed by atoms with van der Waals surface area (Å²) < 4.78 is 10.1. The SMILES string of the molecule is COC(=O)C1CC(OC(=O)N2Cc3ccccc3C2)CN1.Cl. The van der Waals surface area contributed by atoms with Gasteiger partial charge >= 0.3 is 12.1 Å². The second-order valence-corrected chi connectivity index (χ2v) is 5.35. The molecule has 0 aromatic heterocycles. The molecule has 1 aromatic rings. The summed E-state index contributed by atoms with van der Waals surface area (Å²) >= 11 is 0. The summed E-state index contributed by atoms with van der Waals surface area (Å²) in [6.45, 7) is 1.64. The van der Waals surface area contributed by atoms with Gasteiger partial charge in [-0.15, -0.1) is 12.4 Å². The van der Waals surface area contributed by atoms with E-state index in [0.717, 1.165) is 11.1 Å². The summed E-state index contributed by atoms with van der Waals surface area (Å²) in [5.74, 6) is -0.317. The van der Waals surface area contributed by atoms with E-state index < -0.39 is 0 Å². The topological polar surface area (TPSA) is 67.9 Å². The standard InChI is InChI=1S/C15H18N2O4.ClH/c1-20-14(18)13-6-12(7-16-13)21-15(19)17-8-10-4-2-3-5-11(10)9-17;/h2-5,12-13,16H,6-9H2,1H3;1H. The predicted octanol–water partition coefficient (Wildman–Crippen LogP) is 1.46. The Kier molecular flexibility index (Phi) is 5.26. The number of hydrogen-bond donors (Lipinski definition) is 1. The van der Waals surface area contributed by atoms with Crippen molar-refractivity contribution in [2.24, 2.45) is 0 Å². The second-order valence-electron chi connectivity index (χ2n) is 5.35. The van der Waals surface area contributed by atoms with Crippen molar-refractivity contribution >= 4 is 24.5 Å². The number of fused-ring (bicyclic) bond motifs is 1. The Labute approximate surface area is 135 Å². The van der Waals surface area contributed by atoms with Crippen molar-refractivity contribution in [3.05, 3.63) is 35.4 Å². The molecule has 1 amide bonds. The van der Waals surface area contributed by atoms with E-state index in [9.17, 15) is 9.59 Å². The highest BCUT2D eigenvalue weighted by atomic mass is 35.5. The van der Waals surface area contributed by atoms with E-state index in [1.54, 1.807) is 4.90 Å². The minimum Gasteiger partial charge on any atom is -0.468 e. The molecule has 0 spiro atoms. The van der Waals surface area contributed by atoms with Crippen LogP contribution in [0.5, 0.6) is 0 Å². The number of nitrogens with zero attached hydrogens (tertiary/aromatic N) is 1. The van der Waals surface area contributed by atoms with Crippen LogP contribution in [0, 0.1) is 0 Å². The number of rotatable bonds is 2. The number of benzene rings is 1. The second kappa shape index (κ2) is 6.98. The third kappa shape index (κ3) is 3.34. The van der Waals surface area contributed by atoms with Crippen molar-refractivity contribution in [1.82, 2.24) is 10.2 Å². The first-order valence-electron chi connectivity index (χ1n) is 7.01. The zero-order valence-electron chi connectivity index (χ0n) is 12.3. The molecule has 120 valence electrons. The van der Waals surface area contributed by atoms with E-state index in [4.69, 9.17) is 4.74 Å². The molecule has 2 aliphatic heterocycles. The van der Waals surface area contributed by atoms with Crippen molar-refractivity contribution in [2.75, 3.05) is 13.7 Å². The molecule has 3 rings (SSSR count). The highest BCUT2D eigenvalue weighted by Crippen LogP contribution is 2.23. The fourth-order valence-electron chi connectivity index (χ4n) is 2.79. The fourth-order valence-corrected chi connectivity index (χ4v) is 2.79. The van der Waals surface area contributed by atoms with E-state index in [2.05, 4.69) is 10.1 Å². The molecule has 2 aliphatic rings. The van der Waals surface area contributed by atoms with Crippen molar-refractivity contribution in [1.29, 1.82) is 0 Å². The number of halogens is 1. The normalized spacial score (nSPS) is 22.7. The maximum atomic E-state index is 12.2. The molecule has 2 unspecified atom stereocenters. The molecule has 0 saturated carbocycles. The molecule has 6 nitrogen and oxygen atoms in total. The molecular weight excluding hydrogens is 308 g/mol. The zero-order valence-corrected chi connectivity index (χ0v) is 13.1. The molecular formula is C15H19ClN2O4. The van der Waals surface area contributed by atoms with E-state index in [1.807, 2.05) is 24.3 Å². The number of nitrogens with one attached hydrogen (secondary N) is 1. The van der Waals surface area contributed by atoms with Gasteiger partial charge in [0.1, 0.15) is 12.1 Å². The summed E-state index contributed by atoms with van der Waals surface area (Å²) in [6.07, 6.45) is -0.159. The quantitative estimate of drug-likeness (QED) is 0.833. The Morgan fingerprint density at radius 1 is 1.23 bits per heavy atom. The number of methoxy groups -OCH3 is 1. The van der Waals surface area contributed by atoms with E-state index in [0.29, 0.717) is 26.1 Å². The summed E-state index contributed by atoms with van der Waals surface area (Å²) in [5.41, 5.74) is 2.32. The molecule has 2 heterocycles. The van der Waals surface area contributed by atoms with Crippen molar-refractivity contribution in [3.8, 4) is 0 Å². The van der Waals surface area contributed by atoms with E-state index in [1.165, 1.54) is 7.11 Å². The zero-order chi connectivity index (χ0) is 14.8. The molecule has 1 saturated heterocycles. The van der Waals surface area contributed by atoms with Crippen LogP contribution in [-0.2, 0) is 27.4 Å². The molecule has 0 aliphatic carbocycles. The van der Waals surface area contributed by atoms with Crippen molar-refractivity contribution < 1.29 is 19.1 Å². The lowest BCUT2D eigenvalue weighted by Gasteiger charge is -2.18. The first kappa shape index (κ1) is 16.6. The van der Waals surface area contributed by atoms with Gasteiger partial charge in [0.2, 0.25) is 0 Å². The van der Waals surface area contributed by atoms with Crippen molar-refractivity contribution in [3.63, 3.8) is 0 Å². The number of ether oxygens (including phenoxy) is 2. The van der Waals surface area contributed by atoms with Crippen LogP contribution in [-0.4, -0.2) is 42.8 Å². The number of amides is 1. The lowest BCUT2D eigenvalue weighted by atomic mass is 10.1. The number of carbonyl (C=O) groups excluding carboxylic acids is 2. The Morgan fingerprint density at radius 2 is 1.86 bits per heavy atom. The average Bonchev–Trinajstić information content (AvgIpc) is 3.12. The highest BCUT2D eigenvalue weighted by molar-refractivity contribution is 5.85. The van der Waals surface area contributed by atoms with Crippen LogP contribution in [0.1, 0.15) is 17.5 Å². The summed E-state index contributed by atoms with van der Waals surface area (Å²) in [7, 11) is 1.35. The fraction of sp³-hybridized carbons (Fsp3) is 0.467. The first-order chi connectivity index (χ1) is 10.2. The maximum absolute atomic E-state index is 12.2. The minimum atomic E-state index is -0.386. The highest BCUT2D eigenvalue weighted by Gasteiger charge is 2.34.